The highest BCUT2D eigenvalue weighted by Crippen LogP contribution is 2.28. The SMILES string of the molecule is C[C@H](CNC(=O)[C@@H]1CC(=O)N([C@@H](C)c2ccccc2)C1)C(=O)O. The molecule has 124 valence electrons. The van der Waals surface area contributed by atoms with Crippen molar-refractivity contribution in [2.75, 3.05) is 13.1 Å². The Hall–Kier alpha value is -2.37. The van der Waals surface area contributed by atoms with E-state index in [-0.39, 0.29) is 30.8 Å². The molecule has 6 nitrogen and oxygen atoms in total. The number of carbonyl (C=O) groups is 3. The number of hydrogen-bond acceptors (Lipinski definition) is 3. The van der Waals surface area contributed by atoms with Crippen molar-refractivity contribution < 1.29 is 19.5 Å². The quantitative estimate of drug-likeness (QED) is 0.831. The number of carbonyl (C=O) groups excluding carboxylic acids is 2. The van der Waals surface area contributed by atoms with E-state index in [0.717, 1.165) is 5.56 Å². The molecule has 0 aromatic heterocycles. The Bertz CT molecular complexity index is 588. The number of nitrogens with zero attached hydrogens (tertiary/aromatic N) is 1. The van der Waals surface area contributed by atoms with Gasteiger partial charge in [-0.25, -0.2) is 0 Å². The lowest BCUT2D eigenvalue weighted by atomic mass is 10.1. The van der Waals surface area contributed by atoms with Gasteiger partial charge in [-0.05, 0) is 12.5 Å². The van der Waals surface area contributed by atoms with Gasteiger partial charge in [0.1, 0.15) is 0 Å². The minimum absolute atomic E-state index is 0.0483. The van der Waals surface area contributed by atoms with Crippen LogP contribution in [0.4, 0.5) is 0 Å². The summed E-state index contributed by atoms with van der Waals surface area (Å²) >= 11 is 0. The zero-order valence-electron chi connectivity index (χ0n) is 13.4. The summed E-state index contributed by atoms with van der Waals surface area (Å²) in [6.07, 6.45) is 0.171. The Balaban J connectivity index is 1.94. The van der Waals surface area contributed by atoms with Crippen molar-refractivity contribution >= 4 is 17.8 Å². The molecule has 1 aliphatic heterocycles. The lowest BCUT2D eigenvalue weighted by Gasteiger charge is -2.25. The minimum atomic E-state index is -0.952. The molecule has 0 unspecified atom stereocenters. The smallest absolute Gasteiger partial charge is 0.308 e. The summed E-state index contributed by atoms with van der Waals surface area (Å²) in [5, 5.41) is 11.5. The van der Waals surface area contributed by atoms with Crippen molar-refractivity contribution in [1.29, 1.82) is 0 Å². The minimum Gasteiger partial charge on any atom is -0.481 e. The zero-order chi connectivity index (χ0) is 17.0. The standard InChI is InChI=1S/C17H22N2O4/c1-11(17(22)23)9-18-16(21)14-8-15(20)19(10-14)12(2)13-6-4-3-5-7-13/h3-7,11-12,14H,8-10H2,1-2H3,(H,18,21)(H,22,23)/t11-,12+,14-/m1/s1. The van der Waals surface area contributed by atoms with E-state index in [9.17, 15) is 14.4 Å². The summed E-state index contributed by atoms with van der Waals surface area (Å²) < 4.78 is 0. The van der Waals surface area contributed by atoms with Crippen LogP contribution in [0.2, 0.25) is 0 Å². The van der Waals surface area contributed by atoms with Crippen molar-refractivity contribution in [2.24, 2.45) is 11.8 Å². The monoisotopic (exact) mass is 318 g/mol. The van der Waals surface area contributed by atoms with E-state index in [0.29, 0.717) is 6.54 Å². The second-order valence-corrected chi connectivity index (χ2v) is 6.02. The van der Waals surface area contributed by atoms with Crippen molar-refractivity contribution in [3.05, 3.63) is 35.9 Å². The van der Waals surface area contributed by atoms with Gasteiger partial charge in [0.2, 0.25) is 11.8 Å². The van der Waals surface area contributed by atoms with Gasteiger partial charge in [-0.15, -0.1) is 0 Å². The van der Waals surface area contributed by atoms with Crippen LogP contribution < -0.4 is 5.32 Å². The fourth-order valence-corrected chi connectivity index (χ4v) is 2.68. The van der Waals surface area contributed by atoms with Gasteiger partial charge in [0, 0.05) is 19.5 Å². The number of carboxylic acids is 1. The average molecular weight is 318 g/mol. The van der Waals surface area contributed by atoms with E-state index in [1.807, 2.05) is 37.3 Å². The first-order chi connectivity index (χ1) is 10.9. The lowest BCUT2D eigenvalue weighted by molar-refractivity contribution is -0.141. The Morgan fingerprint density at radius 3 is 2.57 bits per heavy atom. The van der Waals surface area contributed by atoms with Crippen molar-refractivity contribution in [3.8, 4) is 0 Å². The molecule has 1 saturated heterocycles. The molecule has 0 aliphatic carbocycles. The molecular formula is C17H22N2O4. The van der Waals surface area contributed by atoms with Gasteiger partial charge < -0.3 is 15.3 Å². The van der Waals surface area contributed by atoms with Crippen LogP contribution in [0.1, 0.15) is 31.9 Å². The van der Waals surface area contributed by atoms with Crippen LogP contribution in [0.5, 0.6) is 0 Å². The molecular weight excluding hydrogens is 296 g/mol. The number of likely N-dealkylation sites (tertiary alicyclic amines) is 1. The van der Waals surface area contributed by atoms with Crippen LogP contribution in [0.15, 0.2) is 30.3 Å². The maximum absolute atomic E-state index is 12.2. The maximum Gasteiger partial charge on any atom is 0.308 e. The predicted octanol–water partition coefficient (Wildman–Crippen LogP) is 1.43. The third-order valence-corrected chi connectivity index (χ3v) is 4.28. The van der Waals surface area contributed by atoms with Crippen molar-refractivity contribution in [1.82, 2.24) is 10.2 Å². The first-order valence-electron chi connectivity index (χ1n) is 7.75. The first-order valence-corrected chi connectivity index (χ1v) is 7.75. The van der Waals surface area contributed by atoms with E-state index in [1.165, 1.54) is 6.92 Å². The van der Waals surface area contributed by atoms with Crippen LogP contribution in [0.3, 0.4) is 0 Å². The highest BCUT2D eigenvalue weighted by Gasteiger charge is 2.37. The third-order valence-electron chi connectivity index (χ3n) is 4.28. The topological polar surface area (TPSA) is 86.7 Å². The molecule has 1 aromatic carbocycles. The summed E-state index contributed by atoms with van der Waals surface area (Å²) in [5.41, 5.74) is 1.03. The fraction of sp³-hybridized carbons (Fsp3) is 0.471. The van der Waals surface area contributed by atoms with Crippen LogP contribution in [0.25, 0.3) is 0 Å². The summed E-state index contributed by atoms with van der Waals surface area (Å²) in [5.74, 6) is -2.32. The molecule has 2 amide bonds. The molecule has 0 saturated carbocycles. The molecule has 2 rings (SSSR count). The number of carboxylic acid groups (broad SMARTS) is 1. The van der Waals surface area contributed by atoms with Crippen molar-refractivity contribution in [3.63, 3.8) is 0 Å². The summed E-state index contributed by atoms with van der Waals surface area (Å²) in [7, 11) is 0. The molecule has 0 spiro atoms. The summed E-state index contributed by atoms with van der Waals surface area (Å²) in [6, 6.07) is 9.59. The number of amides is 2. The lowest BCUT2D eigenvalue weighted by Crippen LogP contribution is -2.37. The first kappa shape index (κ1) is 17.0. The fourth-order valence-electron chi connectivity index (χ4n) is 2.68. The van der Waals surface area contributed by atoms with Crippen LogP contribution in [0, 0.1) is 11.8 Å². The Morgan fingerprint density at radius 1 is 1.30 bits per heavy atom. The second-order valence-electron chi connectivity index (χ2n) is 6.02. The molecule has 2 N–H and O–H groups in total. The van der Waals surface area contributed by atoms with E-state index >= 15 is 0 Å². The Morgan fingerprint density at radius 2 is 1.96 bits per heavy atom. The van der Waals surface area contributed by atoms with E-state index < -0.39 is 17.8 Å². The third kappa shape index (κ3) is 4.09. The summed E-state index contributed by atoms with van der Waals surface area (Å²) in [6.45, 7) is 3.92. The molecule has 3 atom stereocenters. The van der Waals surface area contributed by atoms with Gasteiger partial charge in [-0.1, -0.05) is 37.3 Å². The van der Waals surface area contributed by atoms with Gasteiger partial charge in [-0.2, -0.15) is 0 Å². The van der Waals surface area contributed by atoms with E-state index in [4.69, 9.17) is 5.11 Å². The Kier molecular flexibility index (Phi) is 5.36. The molecule has 1 aromatic rings. The number of rotatable bonds is 6. The van der Waals surface area contributed by atoms with Crippen molar-refractivity contribution in [2.45, 2.75) is 26.3 Å². The van der Waals surface area contributed by atoms with Gasteiger partial charge >= 0.3 is 5.97 Å². The van der Waals surface area contributed by atoms with Gasteiger partial charge in [0.15, 0.2) is 0 Å². The van der Waals surface area contributed by atoms with E-state index in [2.05, 4.69) is 5.32 Å². The van der Waals surface area contributed by atoms with Crippen LogP contribution in [-0.2, 0) is 14.4 Å². The van der Waals surface area contributed by atoms with Gasteiger partial charge in [0.05, 0.1) is 17.9 Å². The van der Waals surface area contributed by atoms with Gasteiger partial charge in [-0.3, -0.25) is 14.4 Å². The van der Waals surface area contributed by atoms with Gasteiger partial charge in [0.25, 0.3) is 0 Å². The number of benzene rings is 1. The highest BCUT2D eigenvalue weighted by molar-refractivity contribution is 5.89. The molecule has 6 heteroatoms. The molecule has 1 aliphatic rings. The predicted molar refractivity (Wildman–Crippen MR) is 84.5 cm³/mol. The molecule has 0 radical (unpaired) electrons. The molecule has 1 fully saturated rings. The number of aliphatic carboxylic acids is 1. The highest BCUT2D eigenvalue weighted by atomic mass is 16.4. The second kappa shape index (κ2) is 7.26. The molecule has 1 heterocycles. The number of nitrogens with one attached hydrogen (secondary N) is 1. The zero-order valence-corrected chi connectivity index (χ0v) is 13.4. The number of hydrogen-bond donors (Lipinski definition) is 2. The molecule has 23 heavy (non-hydrogen) atoms. The van der Waals surface area contributed by atoms with E-state index in [1.54, 1.807) is 4.90 Å². The largest absolute Gasteiger partial charge is 0.481 e. The Labute approximate surface area is 135 Å². The summed E-state index contributed by atoms with van der Waals surface area (Å²) in [4.78, 5) is 36.8. The van der Waals surface area contributed by atoms with Crippen LogP contribution in [-0.4, -0.2) is 40.9 Å². The normalized spacial score (nSPS) is 20.2. The maximum atomic E-state index is 12.2. The molecule has 0 bridgehead atoms. The van der Waals surface area contributed by atoms with Crippen LogP contribution >= 0.6 is 0 Å². The average Bonchev–Trinajstić information content (AvgIpc) is 2.94.